The van der Waals surface area contributed by atoms with E-state index in [1.165, 1.54) is 6.33 Å². The van der Waals surface area contributed by atoms with Crippen molar-refractivity contribution in [2.75, 3.05) is 20.2 Å². The van der Waals surface area contributed by atoms with Gasteiger partial charge in [-0.15, -0.1) is 0 Å². The highest BCUT2D eigenvalue weighted by Crippen LogP contribution is 2.27. The fourth-order valence-corrected chi connectivity index (χ4v) is 3.54. The first kappa shape index (κ1) is 15.7. The van der Waals surface area contributed by atoms with Gasteiger partial charge in [0, 0.05) is 36.1 Å². The van der Waals surface area contributed by atoms with E-state index in [9.17, 15) is 4.79 Å². The number of ether oxygens (including phenoxy) is 1. The lowest BCUT2D eigenvalue weighted by atomic mass is 9.96. The van der Waals surface area contributed by atoms with Gasteiger partial charge in [-0.1, -0.05) is 0 Å². The van der Waals surface area contributed by atoms with E-state index in [0.29, 0.717) is 13.0 Å². The van der Waals surface area contributed by atoms with Crippen LogP contribution in [0.1, 0.15) is 30.1 Å². The number of fused-ring (bicyclic) bond motifs is 1. The second-order valence-electron chi connectivity index (χ2n) is 6.45. The van der Waals surface area contributed by atoms with E-state index in [0.717, 1.165) is 47.4 Å². The van der Waals surface area contributed by atoms with Crippen LogP contribution in [-0.4, -0.2) is 51.2 Å². The number of nitrogens with zero attached hydrogens (tertiary/aromatic N) is 3. The molecule has 1 aliphatic heterocycles. The number of hydrogen-bond acceptors (Lipinski definition) is 4. The third-order valence-corrected chi connectivity index (χ3v) is 4.91. The normalized spacial score (nSPS) is 17.8. The quantitative estimate of drug-likeness (QED) is 0.763. The number of benzene rings is 1. The van der Waals surface area contributed by atoms with Crippen molar-refractivity contribution in [1.82, 2.24) is 25.1 Å². The summed E-state index contributed by atoms with van der Waals surface area (Å²) in [5.74, 6) is 2.05. The third kappa shape index (κ3) is 3.09. The number of methoxy groups -OCH3 is 1. The lowest BCUT2D eigenvalue weighted by molar-refractivity contribution is -0.131. The molecule has 0 saturated carbocycles. The van der Waals surface area contributed by atoms with Crippen LogP contribution in [-0.2, 0) is 11.2 Å². The Bertz CT molecular complexity index is 871. The SMILES string of the molecule is COc1ccc2[nH]cc(CC(=O)N3CCCC(c4ncn[nH]4)C3)c2c1. The molecule has 2 aromatic heterocycles. The van der Waals surface area contributed by atoms with Crippen LogP contribution >= 0.6 is 0 Å². The topological polar surface area (TPSA) is 86.9 Å². The number of amides is 1. The molecule has 25 heavy (non-hydrogen) atoms. The average Bonchev–Trinajstić information content (AvgIpc) is 3.32. The van der Waals surface area contributed by atoms with Crippen molar-refractivity contribution < 1.29 is 9.53 Å². The number of likely N-dealkylation sites (tertiary alicyclic amines) is 1. The number of rotatable bonds is 4. The Balaban J connectivity index is 1.50. The van der Waals surface area contributed by atoms with Crippen LogP contribution in [0.2, 0.25) is 0 Å². The highest BCUT2D eigenvalue weighted by atomic mass is 16.5. The van der Waals surface area contributed by atoms with Crippen LogP contribution < -0.4 is 4.74 Å². The summed E-state index contributed by atoms with van der Waals surface area (Å²) < 4.78 is 5.30. The number of nitrogens with one attached hydrogen (secondary N) is 2. The first-order valence-corrected chi connectivity index (χ1v) is 8.51. The molecular formula is C18H21N5O2. The van der Waals surface area contributed by atoms with Gasteiger partial charge in [0.15, 0.2) is 0 Å². The Kier molecular flexibility index (Phi) is 4.13. The molecular weight excluding hydrogens is 318 g/mol. The summed E-state index contributed by atoms with van der Waals surface area (Å²) in [4.78, 5) is 22.2. The molecule has 130 valence electrons. The van der Waals surface area contributed by atoms with Crippen LogP contribution in [0, 0.1) is 0 Å². The van der Waals surface area contributed by atoms with E-state index in [1.807, 2.05) is 29.3 Å². The Labute approximate surface area is 145 Å². The Hall–Kier alpha value is -2.83. The lowest BCUT2D eigenvalue weighted by Crippen LogP contribution is -2.40. The summed E-state index contributed by atoms with van der Waals surface area (Å²) in [6, 6.07) is 5.86. The minimum atomic E-state index is 0.146. The predicted molar refractivity (Wildman–Crippen MR) is 93.5 cm³/mol. The second-order valence-corrected chi connectivity index (χ2v) is 6.45. The molecule has 3 heterocycles. The second kappa shape index (κ2) is 6.58. The summed E-state index contributed by atoms with van der Waals surface area (Å²) in [5, 5.41) is 7.89. The maximum atomic E-state index is 12.8. The first-order chi connectivity index (χ1) is 12.2. The van der Waals surface area contributed by atoms with Crippen LogP contribution in [0.25, 0.3) is 10.9 Å². The maximum Gasteiger partial charge on any atom is 0.227 e. The molecule has 0 bridgehead atoms. The lowest BCUT2D eigenvalue weighted by Gasteiger charge is -2.31. The number of carbonyl (C=O) groups excluding carboxylic acids is 1. The zero-order valence-corrected chi connectivity index (χ0v) is 14.2. The first-order valence-electron chi connectivity index (χ1n) is 8.51. The monoisotopic (exact) mass is 339 g/mol. The van der Waals surface area contributed by atoms with Gasteiger partial charge < -0.3 is 14.6 Å². The zero-order chi connectivity index (χ0) is 17.2. The molecule has 7 heteroatoms. The fourth-order valence-electron chi connectivity index (χ4n) is 3.54. The molecule has 0 radical (unpaired) electrons. The van der Waals surface area contributed by atoms with Gasteiger partial charge in [-0.25, -0.2) is 4.98 Å². The molecule has 2 N–H and O–H groups in total. The van der Waals surface area contributed by atoms with Crippen molar-refractivity contribution in [2.45, 2.75) is 25.2 Å². The Morgan fingerprint density at radius 1 is 1.44 bits per heavy atom. The number of H-pyrrole nitrogens is 2. The van der Waals surface area contributed by atoms with Gasteiger partial charge in [0.1, 0.15) is 17.9 Å². The standard InChI is InChI=1S/C18H21N5O2/c1-25-14-4-5-16-15(8-14)13(9-19-16)7-17(24)23-6-2-3-12(10-23)18-20-11-21-22-18/h4-5,8-9,11-12,19H,2-3,6-7,10H2,1H3,(H,20,21,22). The highest BCUT2D eigenvalue weighted by Gasteiger charge is 2.26. The Morgan fingerprint density at radius 3 is 3.16 bits per heavy atom. The van der Waals surface area contributed by atoms with Crippen molar-refractivity contribution in [2.24, 2.45) is 0 Å². The van der Waals surface area contributed by atoms with Crippen LogP contribution in [0.15, 0.2) is 30.7 Å². The molecule has 1 unspecified atom stereocenters. The zero-order valence-electron chi connectivity index (χ0n) is 14.2. The molecule has 0 spiro atoms. The smallest absolute Gasteiger partial charge is 0.227 e. The fraction of sp³-hybridized carbons (Fsp3) is 0.389. The molecule has 1 amide bonds. The molecule has 1 fully saturated rings. The minimum Gasteiger partial charge on any atom is -0.497 e. The molecule has 1 aromatic carbocycles. The summed E-state index contributed by atoms with van der Waals surface area (Å²) in [5.41, 5.74) is 2.02. The summed E-state index contributed by atoms with van der Waals surface area (Å²) in [6.07, 6.45) is 5.84. The number of piperidine rings is 1. The minimum absolute atomic E-state index is 0.146. The van der Waals surface area contributed by atoms with Crippen LogP contribution in [0.4, 0.5) is 0 Å². The van der Waals surface area contributed by atoms with E-state index in [2.05, 4.69) is 20.2 Å². The summed E-state index contributed by atoms with van der Waals surface area (Å²) in [6.45, 7) is 1.49. The van der Waals surface area contributed by atoms with Crippen molar-refractivity contribution >= 4 is 16.8 Å². The molecule has 0 aliphatic carbocycles. The van der Waals surface area contributed by atoms with E-state index in [1.54, 1.807) is 7.11 Å². The van der Waals surface area contributed by atoms with E-state index >= 15 is 0 Å². The van der Waals surface area contributed by atoms with Crippen molar-refractivity contribution in [3.05, 3.63) is 42.1 Å². The van der Waals surface area contributed by atoms with E-state index in [4.69, 9.17) is 4.74 Å². The van der Waals surface area contributed by atoms with Gasteiger partial charge >= 0.3 is 0 Å². The number of carbonyl (C=O) groups is 1. The summed E-state index contributed by atoms with van der Waals surface area (Å²) >= 11 is 0. The largest absolute Gasteiger partial charge is 0.497 e. The molecule has 1 aliphatic rings. The molecule has 3 aromatic rings. The molecule has 1 atom stereocenters. The molecule has 7 nitrogen and oxygen atoms in total. The number of aromatic amines is 2. The van der Waals surface area contributed by atoms with Gasteiger partial charge in [0.05, 0.1) is 13.5 Å². The Morgan fingerprint density at radius 2 is 2.36 bits per heavy atom. The molecule has 4 rings (SSSR count). The van der Waals surface area contributed by atoms with Gasteiger partial charge in [-0.2, -0.15) is 5.10 Å². The van der Waals surface area contributed by atoms with Gasteiger partial charge in [-0.05, 0) is 36.6 Å². The predicted octanol–water partition coefficient (Wildman–Crippen LogP) is 2.24. The highest BCUT2D eigenvalue weighted by molar-refractivity contribution is 5.89. The van der Waals surface area contributed by atoms with Crippen LogP contribution in [0.3, 0.4) is 0 Å². The van der Waals surface area contributed by atoms with E-state index in [-0.39, 0.29) is 11.8 Å². The van der Waals surface area contributed by atoms with E-state index < -0.39 is 0 Å². The maximum absolute atomic E-state index is 12.8. The van der Waals surface area contributed by atoms with Crippen molar-refractivity contribution in [3.63, 3.8) is 0 Å². The van der Waals surface area contributed by atoms with Crippen molar-refractivity contribution in [1.29, 1.82) is 0 Å². The number of hydrogen-bond donors (Lipinski definition) is 2. The third-order valence-electron chi connectivity index (χ3n) is 4.91. The summed E-state index contributed by atoms with van der Waals surface area (Å²) in [7, 11) is 1.65. The molecule has 1 saturated heterocycles. The van der Waals surface area contributed by atoms with Gasteiger partial charge in [0.25, 0.3) is 0 Å². The average molecular weight is 339 g/mol. The van der Waals surface area contributed by atoms with Gasteiger partial charge in [0.2, 0.25) is 5.91 Å². The number of aromatic nitrogens is 4. The van der Waals surface area contributed by atoms with Crippen LogP contribution in [0.5, 0.6) is 5.75 Å². The van der Waals surface area contributed by atoms with Gasteiger partial charge in [-0.3, -0.25) is 9.89 Å². The van der Waals surface area contributed by atoms with Crippen molar-refractivity contribution in [3.8, 4) is 5.75 Å².